The Bertz CT molecular complexity index is 1110. The van der Waals surface area contributed by atoms with Crippen LogP contribution in [0.5, 0.6) is 5.75 Å². The minimum absolute atomic E-state index is 0.181. The van der Waals surface area contributed by atoms with Gasteiger partial charge in [0.25, 0.3) is 5.91 Å². The van der Waals surface area contributed by atoms with Crippen LogP contribution in [0.2, 0.25) is 0 Å². The lowest BCUT2D eigenvalue weighted by atomic mass is 10.0. The molecule has 0 bridgehead atoms. The van der Waals surface area contributed by atoms with E-state index >= 15 is 0 Å². The molecule has 0 aromatic heterocycles. The Morgan fingerprint density at radius 1 is 0.879 bits per heavy atom. The number of carbonyl (C=O) groups is 3. The highest BCUT2D eigenvalue weighted by atomic mass is 16.5. The van der Waals surface area contributed by atoms with Crippen molar-refractivity contribution in [2.45, 2.75) is 25.8 Å². The molecular weight excluding hydrogens is 420 g/mol. The number of methoxy groups -OCH3 is 1. The van der Waals surface area contributed by atoms with Crippen LogP contribution < -0.4 is 15.4 Å². The zero-order valence-electron chi connectivity index (χ0n) is 18.5. The van der Waals surface area contributed by atoms with E-state index in [-0.39, 0.29) is 18.7 Å². The second-order valence-electron chi connectivity index (χ2n) is 7.70. The monoisotopic (exact) mass is 446 g/mol. The second-order valence-corrected chi connectivity index (χ2v) is 7.70. The quantitative estimate of drug-likeness (QED) is 0.466. The van der Waals surface area contributed by atoms with Crippen LogP contribution in [0.25, 0.3) is 0 Å². The number of carboxylic acids is 1. The molecule has 3 N–H and O–H groups in total. The first kappa shape index (κ1) is 23.5. The Balaban J connectivity index is 1.57. The van der Waals surface area contributed by atoms with Crippen LogP contribution in [0.4, 0.5) is 5.69 Å². The van der Waals surface area contributed by atoms with E-state index in [0.29, 0.717) is 11.3 Å². The second kappa shape index (κ2) is 10.9. The summed E-state index contributed by atoms with van der Waals surface area (Å²) in [6, 6.07) is 20.0. The molecule has 0 radical (unpaired) electrons. The summed E-state index contributed by atoms with van der Waals surface area (Å²) in [5.41, 5.74) is 3.59. The number of nitrogens with one attached hydrogen (secondary N) is 2. The van der Waals surface area contributed by atoms with E-state index in [0.717, 1.165) is 22.4 Å². The van der Waals surface area contributed by atoms with Gasteiger partial charge < -0.3 is 20.5 Å². The van der Waals surface area contributed by atoms with E-state index in [2.05, 4.69) is 10.6 Å². The number of rotatable bonds is 9. The first-order valence-electron chi connectivity index (χ1n) is 10.5. The Morgan fingerprint density at radius 3 is 2.06 bits per heavy atom. The molecule has 3 aromatic rings. The molecule has 0 aliphatic heterocycles. The minimum atomic E-state index is -1.11. The number of hydrogen-bond acceptors (Lipinski definition) is 4. The molecule has 0 saturated heterocycles. The predicted molar refractivity (Wildman–Crippen MR) is 126 cm³/mol. The highest BCUT2D eigenvalue weighted by molar-refractivity contribution is 5.98. The molecule has 1 atom stereocenters. The van der Waals surface area contributed by atoms with Gasteiger partial charge in [-0.3, -0.25) is 9.59 Å². The van der Waals surface area contributed by atoms with Gasteiger partial charge in [0.1, 0.15) is 11.8 Å². The fourth-order valence-corrected chi connectivity index (χ4v) is 3.24. The summed E-state index contributed by atoms with van der Waals surface area (Å²) in [5.74, 6) is -1.07. The third kappa shape index (κ3) is 6.93. The number of anilines is 1. The zero-order chi connectivity index (χ0) is 23.8. The Kier molecular flexibility index (Phi) is 7.81. The van der Waals surface area contributed by atoms with Crippen molar-refractivity contribution >= 4 is 23.5 Å². The number of amides is 2. The van der Waals surface area contributed by atoms with Crippen molar-refractivity contribution < 1.29 is 24.2 Å². The molecule has 7 nitrogen and oxygen atoms in total. The third-order valence-electron chi connectivity index (χ3n) is 5.12. The van der Waals surface area contributed by atoms with Gasteiger partial charge in [-0.2, -0.15) is 0 Å². The Morgan fingerprint density at radius 2 is 1.48 bits per heavy atom. The molecule has 0 aliphatic carbocycles. The summed E-state index contributed by atoms with van der Waals surface area (Å²) < 4.78 is 5.11. The van der Waals surface area contributed by atoms with Crippen molar-refractivity contribution in [3.63, 3.8) is 0 Å². The van der Waals surface area contributed by atoms with E-state index in [4.69, 9.17) is 4.74 Å². The number of carbonyl (C=O) groups excluding carboxylic acids is 2. The molecule has 1 unspecified atom stereocenters. The average molecular weight is 447 g/mol. The van der Waals surface area contributed by atoms with Gasteiger partial charge in [-0.1, -0.05) is 42.0 Å². The van der Waals surface area contributed by atoms with Crippen LogP contribution in [0, 0.1) is 6.92 Å². The number of carboxylic acid groups (broad SMARTS) is 1. The average Bonchev–Trinajstić information content (AvgIpc) is 2.80. The minimum Gasteiger partial charge on any atom is -0.497 e. The van der Waals surface area contributed by atoms with E-state index in [9.17, 15) is 19.5 Å². The lowest BCUT2D eigenvalue weighted by Crippen LogP contribution is -2.42. The van der Waals surface area contributed by atoms with Crippen LogP contribution in [-0.2, 0) is 22.4 Å². The summed E-state index contributed by atoms with van der Waals surface area (Å²) in [5, 5.41) is 14.9. The van der Waals surface area contributed by atoms with Gasteiger partial charge >= 0.3 is 5.97 Å². The van der Waals surface area contributed by atoms with Gasteiger partial charge in [0, 0.05) is 17.7 Å². The van der Waals surface area contributed by atoms with Gasteiger partial charge in [-0.05, 0) is 54.4 Å². The van der Waals surface area contributed by atoms with Crippen LogP contribution >= 0.6 is 0 Å². The number of benzene rings is 3. The number of aryl methyl sites for hydroxylation is 1. The summed E-state index contributed by atoms with van der Waals surface area (Å²) in [6.07, 6.45) is 0.381. The van der Waals surface area contributed by atoms with Crippen molar-refractivity contribution in [2.75, 3.05) is 12.4 Å². The third-order valence-corrected chi connectivity index (χ3v) is 5.12. The van der Waals surface area contributed by atoms with Crippen LogP contribution in [0.1, 0.15) is 27.0 Å². The number of aliphatic carboxylic acids is 1. The summed E-state index contributed by atoms with van der Waals surface area (Å²) in [7, 11) is 1.58. The molecule has 0 fully saturated rings. The van der Waals surface area contributed by atoms with E-state index in [1.165, 1.54) is 0 Å². The molecule has 3 aromatic carbocycles. The maximum Gasteiger partial charge on any atom is 0.326 e. The molecule has 3 rings (SSSR count). The summed E-state index contributed by atoms with van der Waals surface area (Å²) >= 11 is 0. The van der Waals surface area contributed by atoms with Crippen molar-refractivity contribution in [1.29, 1.82) is 0 Å². The highest BCUT2D eigenvalue weighted by Gasteiger charge is 2.21. The van der Waals surface area contributed by atoms with E-state index in [1.54, 1.807) is 43.5 Å². The molecule has 0 saturated carbocycles. The molecule has 0 spiro atoms. The molecule has 33 heavy (non-hydrogen) atoms. The fourth-order valence-electron chi connectivity index (χ4n) is 3.24. The van der Waals surface area contributed by atoms with Gasteiger partial charge in [-0.15, -0.1) is 0 Å². The maximum atomic E-state index is 12.6. The molecule has 170 valence electrons. The van der Waals surface area contributed by atoms with Crippen molar-refractivity contribution in [3.05, 3.63) is 95.1 Å². The van der Waals surface area contributed by atoms with Crippen molar-refractivity contribution in [1.82, 2.24) is 5.32 Å². The lowest BCUT2D eigenvalue weighted by molar-refractivity contribution is -0.139. The summed E-state index contributed by atoms with van der Waals surface area (Å²) in [4.78, 5) is 36.5. The number of hydrogen-bond donors (Lipinski definition) is 3. The van der Waals surface area contributed by atoms with E-state index in [1.807, 2.05) is 43.3 Å². The molecular formula is C26H26N2O5. The predicted octanol–water partition coefficient (Wildman–Crippen LogP) is 3.61. The molecule has 0 heterocycles. The van der Waals surface area contributed by atoms with Crippen molar-refractivity contribution in [3.8, 4) is 5.75 Å². The number of ether oxygens (including phenoxy) is 1. The standard InChI is InChI=1S/C26H26N2O5/c1-17-3-5-18(6-4-17)15-23(26(31)32)28-25(30)20-9-11-21(12-10-20)27-24(29)16-19-7-13-22(33-2)14-8-19/h3-14,23H,15-16H2,1-2H3,(H,27,29)(H,28,30)(H,31,32). The zero-order valence-corrected chi connectivity index (χ0v) is 18.5. The van der Waals surface area contributed by atoms with Gasteiger partial charge in [-0.25, -0.2) is 4.79 Å². The fraction of sp³-hybridized carbons (Fsp3) is 0.192. The SMILES string of the molecule is COc1ccc(CC(=O)Nc2ccc(C(=O)NC(Cc3ccc(C)cc3)C(=O)O)cc2)cc1. The topological polar surface area (TPSA) is 105 Å². The van der Waals surface area contributed by atoms with Gasteiger partial charge in [0.05, 0.1) is 13.5 Å². The summed E-state index contributed by atoms with van der Waals surface area (Å²) in [6.45, 7) is 1.95. The van der Waals surface area contributed by atoms with Crippen LogP contribution in [-0.4, -0.2) is 36.0 Å². The first-order chi connectivity index (χ1) is 15.8. The highest BCUT2D eigenvalue weighted by Crippen LogP contribution is 2.14. The first-order valence-corrected chi connectivity index (χ1v) is 10.5. The van der Waals surface area contributed by atoms with Crippen LogP contribution in [0.15, 0.2) is 72.8 Å². The van der Waals surface area contributed by atoms with Crippen molar-refractivity contribution in [2.24, 2.45) is 0 Å². The van der Waals surface area contributed by atoms with E-state index < -0.39 is 17.9 Å². The molecule has 0 aliphatic rings. The Labute approximate surface area is 192 Å². The van der Waals surface area contributed by atoms with Gasteiger partial charge in [0.15, 0.2) is 0 Å². The normalized spacial score (nSPS) is 11.3. The Hall–Kier alpha value is -4.13. The smallest absolute Gasteiger partial charge is 0.326 e. The maximum absolute atomic E-state index is 12.6. The van der Waals surface area contributed by atoms with Crippen LogP contribution in [0.3, 0.4) is 0 Å². The molecule has 7 heteroatoms. The molecule has 2 amide bonds. The largest absolute Gasteiger partial charge is 0.497 e. The lowest BCUT2D eigenvalue weighted by Gasteiger charge is -2.15. The van der Waals surface area contributed by atoms with Gasteiger partial charge in [0.2, 0.25) is 5.91 Å².